The monoisotopic (exact) mass is 227 g/mol. The second-order valence-electron chi connectivity index (χ2n) is 3.97. The highest BCUT2D eigenvalue weighted by atomic mass is 32.1. The smallest absolute Gasteiger partial charge is 0.0897 e. The van der Waals surface area contributed by atoms with Crippen LogP contribution >= 0.6 is 11.3 Å². The fourth-order valence-corrected chi connectivity index (χ4v) is 1.96. The maximum Gasteiger partial charge on any atom is 0.0897 e. The van der Waals surface area contributed by atoms with Crippen molar-refractivity contribution < 1.29 is 0 Å². The molecule has 2 N–H and O–H groups in total. The number of nitrogens with one attached hydrogen (secondary N) is 2. The van der Waals surface area contributed by atoms with E-state index >= 15 is 0 Å². The average Bonchev–Trinajstić information content (AvgIpc) is 2.57. The number of hydrogen-bond acceptors (Lipinski definition) is 4. The van der Waals surface area contributed by atoms with Crippen molar-refractivity contribution in [2.75, 3.05) is 19.6 Å². The van der Waals surface area contributed by atoms with Gasteiger partial charge in [0, 0.05) is 37.5 Å². The summed E-state index contributed by atoms with van der Waals surface area (Å²) in [7, 11) is 0. The van der Waals surface area contributed by atoms with Crippen LogP contribution in [0.5, 0.6) is 0 Å². The molecule has 1 aromatic rings. The number of aromatic nitrogens is 1. The molecule has 86 valence electrons. The van der Waals surface area contributed by atoms with Gasteiger partial charge in [0.15, 0.2) is 0 Å². The van der Waals surface area contributed by atoms with Gasteiger partial charge < -0.3 is 10.6 Å². The third-order valence-electron chi connectivity index (χ3n) is 2.08. The van der Waals surface area contributed by atoms with Crippen LogP contribution in [0, 0.1) is 6.92 Å². The first-order valence-electron chi connectivity index (χ1n) is 5.53. The van der Waals surface area contributed by atoms with E-state index in [2.05, 4.69) is 34.8 Å². The minimum Gasteiger partial charge on any atom is -0.315 e. The van der Waals surface area contributed by atoms with Crippen LogP contribution in [0.25, 0.3) is 0 Å². The second-order valence-corrected chi connectivity index (χ2v) is 5.03. The van der Waals surface area contributed by atoms with Crippen molar-refractivity contribution in [3.8, 4) is 0 Å². The van der Waals surface area contributed by atoms with Gasteiger partial charge in [-0.2, -0.15) is 0 Å². The molecule has 0 aliphatic rings. The summed E-state index contributed by atoms with van der Waals surface area (Å²) >= 11 is 1.73. The van der Waals surface area contributed by atoms with Crippen molar-refractivity contribution >= 4 is 11.3 Å². The molecule has 0 atom stereocenters. The molecular formula is C11H21N3S. The summed E-state index contributed by atoms with van der Waals surface area (Å²) in [6.07, 6.45) is 1.03. The van der Waals surface area contributed by atoms with Gasteiger partial charge >= 0.3 is 0 Å². The molecular weight excluding hydrogens is 206 g/mol. The molecule has 0 saturated carbocycles. The standard InChI is InChI=1S/C11H21N3S/c1-9(2)13-7-6-12-5-4-11-8-15-10(3)14-11/h8-9,12-13H,4-7H2,1-3H3. The zero-order valence-corrected chi connectivity index (χ0v) is 10.7. The molecule has 0 aliphatic carbocycles. The van der Waals surface area contributed by atoms with E-state index in [0.29, 0.717) is 6.04 Å². The van der Waals surface area contributed by atoms with Gasteiger partial charge in [-0.3, -0.25) is 0 Å². The first kappa shape index (κ1) is 12.6. The molecule has 0 bridgehead atoms. The second kappa shape index (κ2) is 6.93. The Kier molecular flexibility index (Phi) is 5.83. The SMILES string of the molecule is Cc1nc(CCNCCNC(C)C)cs1. The van der Waals surface area contributed by atoms with E-state index in [-0.39, 0.29) is 0 Å². The van der Waals surface area contributed by atoms with Crippen LogP contribution in [0.15, 0.2) is 5.38 Å². The summed E-state index contributed by atoms with van der Waals surface area (Å²) in [5.74, 6) is 0. The lowest BCUT2D eigenvalue weighted by atomic mass is 10.3. The number of rotatable bonds is 7. The van der Waals surface area contributed by atoms with Crippen molar-refractivity contribution in [1.29, 1.82) is 0 Å². The van der Waals surface area contributed by atoms with Crippen LogP contribution < -0.4 is 10.6 Å². The summed E-state index contributed by atoms with van der Waals surface area (Å²) in [5.41, 5.74) is 1.21. The molecule has 15 heavy (non-hydrogen) atoms. The lowest BCUT2D eigenvalue weighted by Crippen LogP contribution is -2.32. The first-order chi connectivity index (χ1) is 7.18. The number of hydrogen-bond donors (Lipinski definition) is 2. The van der Waals surface area contributed by atoms with Gasteiger partial charge in [-0.1, -0.05) is 13.8 Å². The third-order valence-corrected chi connectivity index (χ3v) is 2.90. The Hall–Kier alpha value is -0.450. The van der Waals surface area contributed by atoms with Crippen molar-refractivity contribution in [3.63, 3.8) is 0 Å². The molecule has 0 amide bonds. The van der Waals surface area contributed by atoms with E-state index in [1.807, 2.05) is 6.92 Å². The molecule has 0 radical (unpaired) electrons. The van der Waals surface area contributed by atoms with Crippen LogP contribution in [0.3, 0.4) is 0 Å². The highest BCUT2D eigenvalue weighted by molar-refractivity contribution is 7.09. The molecule has 4 heteroatoms. The van der Waals surface area contributed by atoms with E-state index in [9.17, 15) is 0 Å². The van der Waals surface area contributed by atoms with Crippen LogP contribution in [0.1, 0.15) is 24.5 Å². The van der Waals surface area contributed by atoms with E-state index in [1.165, 1.54) is 5.69 Å². The van der Waals surface area contributed by atoms with Gasteiger partial charge in [0.2, 0.25) is 0 Å². The Morgan fingerprint density at radius 2 is 2.13 bits per heavy atom. The molecule has 1 heterocycles. The molecule has 0 aromatic carbocycles. The zero-order valence-electron chi connectivity index (χ0n) is 9.84. The Morgan fingerprint density at radius 1 is 1.33 bits per heavy atom. The number of thiazole rings is 1. The van der Waals surface area contributed by atoms with Gasteiger partial charge in [0.05, 0.1) is 10.7 Å². The summed E-state index contributed by atoms with van der Waals surface area (Å²) in [4.78, 5) is 4.42. The molecule has 3 nitrogen and oxygen atoms in total. The van der Waals surface area contributed by atoms with Crippen molar-refractivity contribution in [2.45, 2.75) is 33.2 Å². The maximum absolute atomic E-state index is 4.42. The van der Waals surface area contributed by atoms with Gasteiger partial charge in [-0.05, 0) is 6.92 Å². The minimum absolute atomic E-state index is 0.577. The van der Waals surface area contributed by atoms with E-state index in [0.717, 1.165) is 31.1 Å². The number of nitrogens with zero attached hydrogens (tertiary/aromatic N) is 1. The Bertz CT molecular complexity index is 271. The maximum atomic E-state index is 4.42. The van der Waals surface area contributed by atoms with Crippen LogP contribution in [-0.4, -0.2) is 30.7 Å². The lowest BCUT2D eigenvalue weighted by molar-refractivity contribution is 0.556. The summed E-state index contributed by atoms with van der Waals surface area (Å²) in [5, 5.41) is 10.1. The molecule has 1 aromatic heterocycles. The highest BCUT2D eigenvalue weighted by Gasteiger charge is 1.97. The lowest BCUT2D eigenvalue weighted by Gasteiger charge is -2.08. The topological polar surface area (TPSA) is 37.0 Å². The first-order valence-corrected chi connectivity index (χ1v) is 6.41. The van der Waals surface area contributed by atoms with Crippen molar-refractivity contribution in [1.82, 2.24) is 15.6 Å². The fraction of sp³-hybridized carbons (Fsp3) is 0.727. The Labute approximate surface area is 96.3 Å². The van der Waals surface area contributed by atoms with Gasteiger partial charge in [-0.15, -0.1) is 11.3 Å². The Morgan fingerprint density at radius 3 is 2.73 bits per heavy atom. The highest BCUT2D eigenvalue weighted by Crippen LogP contribution is 2.07. The zero-order chi connectivity index (χ0) is 11.1. The fourth-order valence-electron chi connectivity index (χ4n) is 1.31. The largest absolute Gasteiger partial charge is 0.315 e. The van der Waals surface area contributed by atoms with E-state index in [1.54, 1.807) is 11.3 Å². The van der Waals surface area contributed by atoms with E-state index in [4.69, 9.17) is 0 Å². The number of aryl methyl sites for hydroxylation is 1. The molecule has 0 spiro atoms. The summed E-state index contributed by atoms with van der Waals surface area (Å²) < 4.78 is 0. The van der Waals surface area contributed by atoms with Crippen LogP contribution in [0.4, 0.5) is 0 Å². The summed E-state index contributed by atoms with van der Waals surface area (Å²) in [6, 6.07) is 0.577. The van der Waals surface area contributed by atoms with Gasteiger partial charge in [0.25, 0.3) is 0 Å². The molecule has 0 unspecified atom stereocenters. The van der Waals surface area contributed by atoms with Crippen molar-refractivity contribution in [3.05, 3.63) is 16.1 Å². The normalized spacial score (nSPS) is 11.2. The molecule has 1 rings (SSSR count). The van der Waals surface area contributed by atoms with Gasteiger partial charge in [0.1, 0.15) is 0 Å². The third kappa shape index (κ3) is 5.87. The van der Waals surface area contributed by atoms with Crippen LogP contribution in [0.2, 0.25) is 0 Å². The Balaban J connectivity index is 1.98. The van der Waals surface area contributed by atoms with Crippen LogP contribution in [-0.2, 0) is 6.42 Å². The quantitative estimate of drug-likeness (QED) is 0.695. The predicted molar refractivity (Wildman–Crippen MR) is 66.6 cm³/mol. The van der Waals surface area contributed by atoms with Gasteiger partial charge in [-0.25, -0.2) is 4.98 Å². The molecule has 0 aliphatic heterocycles. The van der Waals surface area contributed by atoms with Crippen molar-refractivity contribution in [2.24, 2.45) is 0 Å². The summed E-state index contributed by atoms with van der Waals surface area (Å²) in [6.45, 7) is 9.46. The minimum atomic E-state index is 0.577. The molecule has 0 fully saturated rings. The molecule has 0 saturated heterocycles. The average molecular weight is 227 g/mol. The van der Waals surface area contributed by atoms with E-state index < -0.39 is 0 Å². The predicted octanol–water partition coefficient (Wildman–Crippen LogP) is 1.58.